The van der Waals surface area contributed by atoms with Crippen LogP contribution in [-0.4, -0.2) is 40.5 Å². The Morgan fingerprint density at radius 1 is 1.41 bits per heavy atom. The first-order valence-electron chi connectivity index (χ1n) is 10.6. The van der Waals surface area contributed by atoms with E-state index in [0.29, 0.717) is 11.8 Å². The summed E-state index contributed by atoms with van der Waals surface area (Å²) in [5, 5.41) is 11.8. The summed E-state index contributed by atoms with van der Waals surface area (Å²) in [6, 6.07) is 6.22. The maximum atomic E-state index is 11.8. The molecule has 3 aliphatic rings. The molecule has 0 bridgehead atoms. The number of aliphatic imine (C=N–C) groups is 1. The van der Waals surface area contributed by atoms with Crippen molar-refractivity contribution in [1.82, 2.24) is 4.90 Å². The van der Waals surface area contributed by atoms with Crippen LogP contribution in [0, 0.1) is 18.8 Å². The molecule has 3 aliphatic heterocycles. The molecule has 5 nitrogen and oxygen atoms in total. The van der Waals surface area contributed by atoms with E-state index < -0.39 is 5.60 Å². The quantitative estimate of drug-likeness (QED) is 0.762. The van der Waals surface area contributed by atoms with Gasteiger partial charge in [0.1, 0.15) is 5.60 Å². The molecule has 1 aromatic carbocycles. The highest BCUT2D eigenvalue weighted by Crippen LogP contribution is 2.53. The second-order valence-electron chi connectivity index (χ2n) is 8.85. The molecule has 4 atom stereocenters. The summed E-state index contributed by atoms with van der Waals surface area (Å²) < 4.78 is 0. The lowest BCUT2D eigenvalue weighted by Crippen LogP contribution is -2.67. The van der Waals surface area contributed by atoms with Crippen molar-refractivity contribution in [2.45, 2.75) is 65.0 Å². The van der Waals surface area contributed by atoms with E-state index in [4.69, 9.17) is 14.6 Å². The molecule has 4 rings (SSSR count). The van der Waals surface area contributed by atoms with Crippen molar-refractivity contribution < 1.29 is 14.7 Å². The third-order valence-electron chi connectivity index (χ3n) is 7.45. The van der Waals surface area contributed by atoms with Crippen molar-refractivity contribution in [3.63, 3.8) is 0 Å². The van der Waals surface area contributed by atoms with Gasteiger partial charge in [0.25, 0.3) is 0 Å². The molecule has 0 aliphatic carbocycles. The first-order valence-corrected chi connectivity index (χ1v) is 10.6. The molecule has 3 heterocycles. The van der Waals surface area contributed by atoms with E-state index in [9.17, 15) is 5.11 Å². The average molecular weight is 397 g/mol. The predicted molar refractivity (Wildman–Crippen MR) is 113 cm³/mol. The topological polar surface area (TPSA) is 70.0 Å². The van der Waals surface area contributed by atoms with Crippen LogP contribution in [0.25, 0.3) is 0 Å². The van der Waals surface area contributed by atoms with Crippen molar-refractivity contribution >= 4 is 17.6 Å². The van der Waals surface area contributed by atoms with Crippen molar-refractivity contribution in [3.05, 3.63) is 41.0 Å². The van der Waals surface area contributed by atoms with Gasteiger partial charge >= 0.3 is 6.15 Å². The molecule has 0 unspecified atom stereocenters. The van der Waals surface area contributed by atoms with Crippen molar-refractivity contribution in [1.29, 1.82) is 0 Å². The zero-order valence-electron chi connectivity index (χ0n) is 18.2. The van der Waals surface area contributed by atoms with Gasteiger partial charge in [-0.3, -0.25) is 9.89 Å². The van der Waals surface area contributed by atoms with E-state index in [-0.39, 0.29) is 11.7 Å². The van der Waals surface area contributed by atoms with Gasteiger partial charge in [0.05, 0.1) is 16.9 Å². The van der Waals surface area contributed by atoms with Gasteiger partial charge in [-0.05, 0) is 64.0 Å². The van der Waals surface area contributed by atoms with E-state index in [0.717, 1.165) is 48.5 Å². The number of fused-ring (bicyclic) bond motifs is 5. The molecule has 29 heavy (non-hydrogen) atoms. The zero-order valence-corrected chi connectivity index (χ0v) is 18.2. The minimum absolute atomic E-state index is 0.168. The molecule has 1 aromatic rings. The number of hydrogen-bond donors (Lipinski definition) is 1. The fourth-order valence-corrected chi connectivity index (χ4v) is 5.80. The van der Waals surface area contributed by atoms with Crippen molar-refractivity contribution in [2.24, 2.45) is 16.8 Å². The van der Waals surface area contributed by atoms with Gasteiger partial charge in [-0.15, -0.1) is 0 Å². The molecule has 2 saturated heterocycles. The van der Waals surface area contributed by atoms with Crippen LogP contribution in [-0.2, 0) is 15.2 Å². The maximum absolute atomic E-state index is 11.8. The molecule has 2 fully saturated rings. The zero-order chi connectivity index (χ0) is 21.4. The molecule has 0 aromatic heterocycles. The third-order valence-corrected chi connectivity index (χ3v) is 7.45. The average Bonchev–Trinajstić information content (AvgIpc) is 3.02. The summed E-state index contributed by atoms with van der Waals surface area (Å²) in [5.41, 5.74) is 4.60. The number of nitrogens with zero attached hydrogens (tertiary/aromatic N) is 2. The Morgan fingerprint density at radius 3 is 2.72 bits per heavy atom. The van der Waals surface area contributed by atoms with E-state index >= 15 is 0 Å². The van der Waals surface area contributed by atoms with Gasteiger partial charge < -0.3 is 5.11 Å². The first kappa shape index (κ1) is 21.6. The van der Waals surface area contributed by atoms with E-state index in [2.05, 4.69) is 63.8 Å². The molecular formula is C24H32N2O3. The van der Waals surface area contributed by atoms with Gasteiger partial charge in [0.2, 0.25) is 0 Å². The van der Waals surface area contributed by atoms with Gasteiger partial charge in [-0.2, -0.15) is 9.59 Å². The number of allylic oxidation sites excluding steroid dienone is 2. The Morgan fingerprint density at radius 2 is 2.10 bits per heavy atom. The molecule has 156 valence electrons. The van der Waals surface area contributed by atoms with E-state index in [1.165, 1.54) is 12.0 Å². The number of hydrogen-bond acceptors (Lipinski definition) is 5. The van der Waals surface area contributed by atoms with Gasteiger partial charge in [0.15, 0.2) is 0 Å². The number of piperidine rings is 2. The molecule has 1 N–H and O–H groups in total. The van der Waals surface area contributed by atoms with Crippen LogP contribution in [0.3, 0.4) is 0 Å². The summed E-state index contributed by atoms with van der Waals surface area (Å²) in [7, 11) is 0. The Hall–Kier alpha value is -2.07. The van der Waals surface area contributed by atoms with Crippen LogP contribution in [0.5, 0.6) is 0 Å². The van der Waals surface area contributed by atoms with Crippen molar-refractivity contribution in [3.8, 4) is 0 Å². The van der Waals surface area contributed by atoms with Gasteiger partial charge in [-0.25, -0.2) is 0 Å². The minimum atomic E-state index is -0.890. The Kier molecular flexibility index (Phi) is 5.96. The smallest absolute Gasteiger partial charge is 0.373 e. The summed E-state index contributed by atoms with van der Waals surface area (Å²) >= 11 is 0. The Balaban J connectivity index is 0.000000755. The lowest BCUT2D eigenvalue weighted by atomic mass is 9.64. The van der Waals surface area contributed by atoms with E-state index in [1.54, 1.807) is 0 Å². The fraction of sp³-hybridized carbons (Fsp3) is 0.583. The standard InChI is InChI=1S/C23H32N2O.CO2/c1-6-15(3)18-13-22(5)21-23(26,11-12-25(22)14-17(18)7-2)20-16(4)9-8-10-19(20)24-21;2-1-3/h6,8-10,17-18,26H,7,11-14H2,1-5H3;/b15-6-;/t17-,18-,22+,23+;/m1./s1. The summed E-state index contributed by atoms with van der Waals surface area (Å²) in [5.74, 6) is 1.26. The SMILES string of the molecule is C/C=C(/C)[C@H]1C[C@@]2(C)C3=Nc4cccc(C)c4[C@@]3(O)CCN2C[C@H]1CC.O=C=O. The Bertz CT molecular complexity index is 884. The second kappa shape index (κ2) is 7.98. The fourth-order valence-electron chi connectivity index (χ4n) is 5.80. The lowest BCUT2D eigenvalue weighted by molar-refractivity contribution is -0.191. The molecule has 0 saturated carbocycles. The summed E-state index contributed by atoms with van der Waals surface area (Å²) in [4.78, 5) is 23.9. The summed E-state index contributed by atoms with van der Waals surface area (Å²) in [6.45, 7) is 13.2. The van der Waals surface area contributed by atoms with Gasteiger partial charge in [0, 0.05) is 18.7 Å². The van der Waals surface area contributed by atoms with Crippen LogP contribution in [0.2, 0.25) is 0 Å². The molecule has 5 heteroatoms. The predicted octanol–water partition coefficient (Wildman–Crippen LogP) is 4.16. The minimum Gasteiger partial charge on any atom is -0.379 e. The highest BCUT2D eigenvalue weighted by molar-refractivity contribution is 6.07. The van der Waals surface area contributed by atoms with E-state index in [1.807, 2.05) is 0 Å². The van der Waals surface area contributed by atoms with Crippen LogP contribution >= 0.6 is 0 Å². The first-order chi connectivity index (χ1) is 13.8. The summed E-state index contributed by atoms with van der Waals surface area (Å²) in [6.07, 6.45) is 5.54. The molecule has 0 radical (unpaired) electrons. The highest BCUT2D eigenvalue weighted by atomic mass is 16.3. The monoisotopic (exact) mass is 396 g/mol. The van der Waals surface area contributed by atoms with Crippen molar-refractivity contribution in [2.75, 3.05) is 13.1 Å². The number of aliphatic hydroxyl groups is 1. The second-order valence-corrected chi connectivity index (χ2v) is 8.85. The third kappa shape index (κ3) is 3.31. The largest absolute Gasteiger partial charge is 0.379 e. The van der Waals surface area contributed by atoms with Crippen LogP contribution < -0.4 is 0 Å². The number of rotatable bonds is 2. The maximum Gasteiger partial charge on any atom is 0.373 e. The molecule has 0 amide bonds. The number of aryl methyl sites for hydroxylation is 1. The van der Waals surface area contributed by atoms with Gasteiger partial charge in [-0.1, -0.05) is 37.1 Å². The number of benzene rings is 1. The molecule has 0 spiro atoms. The van der Waals surface area contributed by atoms with Crippen LogP contribution in [0.1, 0.15) is 58.1 Å². The Labute approximate surface area is 173 Å². The number of carbonyl (C=O) groups excluding carboxylic acids is 2. The lowest BCUT2D eigenvalue weighted by Gasteiger charge is -2.57. The molecular weight excluding hydrogens is 364 g/mol. The van der Waals surface area contributed by atoms with Crippen LogP contribution in [0.4, 0.5) is 5.69 Å². The van der Waals surface area contributed by atoms with Crippen LogP contribution in [0.15, 0.2) is 34.8 Å². The normalized spacial score (nSPS) is 33.4. The highest BCUT2D eigenvalue weighted by Gasteiger charge is 2.58.